The Kier molecular flexibility index (Phi) is 3.37. The average molecular weight is 209 g/mol. The van der Waals surface area contributed by atoms with Gasteiger partial charge in [0.05, 0.1) is 5.60 Å². The highest BCUT2D eigenvalue weighted by atomic mass is 79.9. The molecule has 2 heteroatoms. The molecule has 0 aliphatic heterocycles. The van der Waals surface area contributed by atoms with Crippen molar-refractivity contribution < 1.29 is 5.11 Å². The Morgan fingerprint density at radius 1 is 1.30 bits per heavy atom. The summed E-state index contributed by atoms with van der Waals surface area (Å²) in [6.45, 7) is 7.88. The van der Waals surface area contributed by atoms with Crippen LogP contribution in [0.2, 0.25) is 0 Å². The fourth-order valence-corrected chi connectivity index (χ4v) is 1.71. The van der Waals surface area contributed by atoms with Crippen LogP contribution < -0.4 is 0 Å². The third kappa shape index (κ3) is 5.24. The van der Waals surface area contributed by atoms with E-state index in [0.717, 1.165) is 12.8 Å². The van der Waals surface area contributed by atoms with E-state index in [0.29, 0.717) is 0 Å². The van der Waals surface area contributed by atoms with Gasteiger partial charge in [-0.3, -0.25) is 0 Å². The standard InChI is InChI=1S/C8H17BrO/c1-5-8(4,9)6-7(2,3)10/h10H,5-6H2,1-4H3. The molecule has 62 valence electrons. The number of halogens is 1. The first-order chi connectivity index (χ1) is 4.27. The minimum Gasteiger partial charge on any atom is -0.390 e. The van der Waals surface area contributed by atoms with Crippen molar-refractivity contribution in [2.75, 3.05) is 0 Å². The third-order valence-corrected chi connectivity index (χ3v) is 2.38. The van der Waals surface area contributed by atoms with Crippen molar-refractivity contribution in [2.45, 2.75) is 50.5 Å². The summed E-state index contributed by atoms with van der Waals surface area (Å²) in [6.07, 6.45) is 1.83. The van der Waals surface area contributed by atoms with Crippen LogP contribution in [0.5, 0.6) is 0 Å². The average Bonchev–Trinajstić information content (AvgIpc) is 1.60. The Bertz CT molecular complexity index is 102. The zero-order valence-corrected chi connectivity index (χ0v) is 8.83. The molecule has 0 heterocycles. The lowest BCUT2D eigenvalue weighted by molar-refractivity contribution is 0.0613. The molecule has 1 unspecified atom stereocenters. The smallest absolute Gasteiger partial charge is 0.0605 e. The molecule has 0 saturated heterocycles. The number of alkyl halides is 1. The minimum absolute atomic E-state index is 0.0885. The Labute approximate surface area is 72.0 Å². The first kappa shape index (κ1) is 10.4. The lowest BCUT2D eigenvalue weighted by atomic mass is 9.93. The number of aliphatic hydroxyl groups is 1. The molecule has 0 aliphatic carbocycles. The second-order valence-corrected chi connectivity index (χ2v) is 5.67. The van der Waals surface area contributed by atoms with E-state index < -0.39 is 5.60 Å². The van der Waals surface area contributed by atoms with Gasteiger partial charge in [0, 0.05) is 4.32 Å². The van der Waals surface area contributed by atoms with Gasteiger partial charge in [0.25, 0.3) is 0 Å². The van der Waals surface area contributed by atoms with Gasteiger partial charge < -0.3 is 5.11 Å². The molecule has 0 spiro atoms. The maximum atomic E-state index is 9.45. The maximum absolute atomic E-state index is 9.45. The largest absolute Gasteiger partial charge is 0.390 e. The topological polar surface area (TPSA) is 20.2 Å². The van der Waals surface area contributed by atoms with E-state index in [2.05, 4.69) is 29.8 Å². The van der Waals surface area contributed by atoms with Crippen LogP contribution in [0.25, 0.3) is 0 Å². The summed E-state index contributed by atoms with van der Waals surface area (Å²) >= 11 is 3.56. The lowest BCUT2D eigenvalue weighted by Crippen LogP contribution is -2.29. The molecule has 0 aromatic heterocycles. The second-order valence-electron chi connectivity index (χ2n) is 3.76. The van der Waals surface area contributed by atoms with Gasteiger partial charge in [-0.15, -0.1) is 0 Å². The van der Waals surface area contributed by atoms with Gasteiger partial charge in [0.2, 0.25) is 0 Å². The Morgan fingerprint density at radius 3 is 1.80 bits per heavy atom. The molecule has 0 rings (SSSR count). The fraction of sp³-hybridized carbons (Fsp3) is 1.00. The first-order valence-electron chi connectivity index (χ1n) is 3.68. The highest BCUT2D eigenvalue weighted by molar-refractivity contribution is 9.10. The Hall–Kier alpha value is 0.440. The van der Waals surface area contributed by atoms with Crippen molar-refractivity contribution in [3.05, 3.63) is 0 Å². The second kappa shape index (κ2) is 3.22. The normalized spacial score (nSPS) is 18.6. The maximum Gasteiger partial charge on any atom is 0.0605 e. The molecule has 0 bridgehead atoms. The molecule has 0 aromatic rings. The van der Waals surface area contributed by atoms with Crippen molar-refractivity contribution in [3.63, 3.8) is 0 Å². The molecule has 1 N–H and O–H groups in total. The predicted molar refractivity (Wildman–Crippen MR) is 48.5 cm³/mol. The Morgan fingerprint density at radius 2 is 1.70 bits per heavy atom. The molecule has 1 nitrogen and oxygen atoms in total. The zero-order valence-electron chi connectivity index (χ0n) is 7.24. The van der Waals surface area contributed by atoms with Crippen LogP contribution in [0.4, 0.5) is 0 Å². The van der Waals surface area contributed by atoms with Gasteiger partial charge in [-0.1, -0.05) is 22.9 Å². The monoisotopic (exact) mass is 208 g/mol. The molecule has 0 fully saturated rings. The highest BCUT2D eigenvalue weighted by Crippen LogP contribution is 2.30. The number of hydrogen-bond acceptors (Lipinski definition) is 1. The molecular formula is C8H17BrO. The van der Waals surface area contributed by atoms with E-state index in [1.54, 1.807) is 0 Å². The van der Waals surface area contributed by atoms with Gasteiger partial charge in [-0.05, 0) is 33.6 Å². The summed E-state index contributed by atoms with van der Waals surface area (Å²) in [4.78, 5) is 0. The molecule has 0 radical (unpaired) electrons. The van der Waals surface area contributed by atoms with Crippen LogP contribution in [-0.2, 0) is 0 Å². The van der Waals surface area contributed by atoms with Crippen LogP contribution in [-0.4, -0.2) is 15.0 Å². The molecule has 1 atom stereocenters. The summed E-state index contributed by atoms with van der Waals surface area (Å²) in [5, 5.41) is 9.45. The van der Waals surface area contributed by atoms with Gasteiger partial charge >= 0.3 is 0 Å². The zero-order chi connectivity index (χ0) is 8.41. The van der Waals surface area contributed by atoms with Crippen molar-refractivity contribution in [1.29, 1.82) is 0 Å². The van der Waals surface area contributed by atoms with E-state index in [1.807, 2.05) is 13.8 Å². The summed E-state index contributed by atoms with van der Waals surface area (Å²) in [7, 11) is 0. The van der Waals surface area contributed by atoms with Gasteiger partial charge in [-0.25, -0.2) is 0 Å². The highest BCUT2D eigenvalue weighted by Gasteiger charge is 2.26. The molecule has 0 saturated carbocycles. The van der Waals surface area contributed by atoms with Crippen LogP contribution in [0.15, 0.2) is 0 Å². The van der Waals surface area contributed by atoms with Crippen LogP contribution in [0, 0.1) is 0 Å². The van der Waals surface area contributed by atoms with E-state index in [4.69, 9.17) is 0 Å². The summed E-state index contributed by atoms with van der Waals surface area (Å²) in [5.41, 5.74) is -0.561. The number of rotatable bonds is 3. The Balaban J connectivity index is 3.89. The van der Waals surface area contributed by atoms with Gasteiger partial charge in [0.15, 0.2) is 0 Å². The van der Waals surface area contributed by atoms with Gasteiger partial charge in [-0.2, -0.15) is 0 Å². The molecule has 0 amide bonds. The predicted octanol–water partition coefficient (Wildman–Crippen LogP) is 2.71. The van der Waals surface area contributed by atoms with E-state index in [1.165, 1.54) is 0 Å². The molecule has 10 heavy (non-hydrogen) atoms. The van der Waals surface area contributed by atoms with Crippen molar-refractivity contribution in [1.82, 2.24) is 0 Å². The lowest BCUT2D eigenvalue weighted by Gasteiger charge is -2.28. The molecule has 0 aliphatic rings. The summed E-state index contributed by atoms with van der Waals surface area (Å²) in [6, 6.07) is 0. The molecular weight excluding hydrogens is 192 g/mol. The van der Waals surface area contributed by atoms with Crippen molar-refractivity contribution in [3.8, 4) is 0 Å². The summed E-state index contributed by atoms with van der Waals surface area (Å²) in [5.74, 6) is 0. The number of hydrogen-bond donors (Lipinski definition) is 1. The van der Waals surface area contributed by atoms with E-state index in [9.17, 15) is 5.11 Å². The third-order valence-electron chi connectivity index (χ3n) is 1.54. The van der Waals surface area contributed by atoms with E-state index in [-0.39, 0.29) is 4.32 Å². The van der Waals surface area contributed by atoms with Crippen LogP contribution in [0.1, 0.15) is 40.5 Å². The SMILES string of the molecule is CCC(C)(Br)CC(C)(C)O. The quantitative estimate of drug-likeness (QED) is 0.708. The van der Waals surface area contributed by atoms with Crippen molar-refractivity contribution >= 4 is 15.9 Å². The van der Waals surface area contributed by atoms with Crippen LogP contribution >= 0.6 is 15.9 Å². The van der Waals surface area contributed by atoms with Crippen molar-refractivity contribution in [2.24, 2.45) is 0 Å². The fourth-order valence-electron chi connectivity index (χ4n) is 1.03. The van der Waals surface area contributed by atoms with Crippen LogP contribution in [0.3, 0.4) is 0 Å². The minimum atomic E-state index is -0.561. The molecule has 0 aromatic carbocycles. The summed E-state index contributed by atoms with van der Waals surface area (Å²) < 4.78 is 0.0885. The van der Waals surface area contributed by atoms with Gasteiger partial charge in [0.1, 0.15) is 0 Å². The van der Waals surface area contributed by atoms with E-state index >= 15 is 0 Å². The first-order valence-corrected chi connectivity index (χ1v) is 4.47.